The lowest BCUT2D eigenvalue weighted by molar-refractivity contribution is -0.155. The zero-order valence-corrected chi connectivity index (χ0v) is 39.5. The second kappa shape index (κ2) is 19.4. The number of rotatable bonds is 11. The van der Waals surface area contributed by atoms with Crippen molar-refractivity contribution < 1.29 is 33.8 Å². The third-order valence-electron chi connectivity index (χ3n) is 13.3. The number of aryl methyl sites for hydroxylation is 2. The Labute approximate surface area is 391 Å². The fourth-order valence-corrected chi connectivity index (χ4v) is 9.71. The minimum absolute atomic E-state index is 0.00738. The molecule has 0 radical (unpaired) electrons. The average Bonchev–Trinajstić information content (AvgIpc) is 4.13. The van der Waals surface area contributed by atoms with Crippen molar-refractivity contribution >= 4 is 40.4 Å². The zero-order chi connectivity index (χ0) is 47.7. The second-order valence-electron chi connectivity index (χ2n) is 19.4. The van der Waals surface area contributed by atoms with E-state index >= 15 is 0 Å². The maximum atomic E-state index is 14.7. The first-order valence-corrected chi connectivity index (χ1v) is 23.5. The Kier molecular flexibility index (Phi) is 13.6. The topological polar surface area (TPSA) is 198 Å². The van der Waals surface area contributed by atoms with Gasteiger partial charge in [-0.05, 0) is 108 Å². The summed E-state index contributed by atoms with van der Waals surface area (Å²) >= 11 is 0. The number of Topliss-reactive ketones (excluding diaryl/α,β-unsaturated/α-hetero) is 1. The summed E-state index contributed by atoms with van der Waals surface area (Å²) in [5, 5.41) is 19.7. The monoisotopic (exact) mass is 910 g/mol. The molecule has 3 amide bonds. The molecule has 352 valence electrons. The summed E-state index contributed by atoms with van der Waals surface area (Å²) < 4.78 is 8.42. The molecule has 0 spiro atoms. The number of ketones is 1. The van der Waals surface area contributed by atoms with E-state index in [0.29, 0.717) is 43.5 Å². The van der Waals surface area contributed by atoms with Crippen LogP contribution in [0.4, 0.5) is 0 Å². The zero-order valence-electron chi connectivity index (χ0n) is 39.5. The van der Waals surface area contributed by atoms with E-state index < -0.39 is 47.2 Å². The number of hydrazine groups is 1. The summed E-state index contributed by atoms with van der Waals surface area (Å²) in [6, 6.07) is 13.7. The Morgan fingerprint density at radius 2 is 1.82 bits per heavy atom. The highest BCUT2D eigenvalue weighted by atomic mass is 16.5. The number of hydrogen-bond donors (Lipinski definition) is 4. The van der Waals surface area contributed by atoms with Crippen LogP contribution in [0.2, 0.25) is 0 Å². The number of fused-ring (bicyclic) bond motifs is 6. The molecule has 0 unspecified atom stereocenters. The molecular weight excluding hydrogens is 849 g/mol. The number of carbonyl (C=O) groups is 5. The van der Waals surface area contributed by atoms with Gasteiger partial charge in [-0.3, -0.25) is 38.9 Å². The van der Waals surface area contributed by atoms with Crippen molar-refractivity contribution in [2.45, 2.75) is 111 Å². The molecule has 67 heavy (non-hydrogen) atoms. The van der Waals surface area contributed by atoms with Crippen LogP contribution in [-0.4, -0.2) is 110 Å². The van der Waals surface area contributed by atoms with Crippen LogP contribution in [0.15, 0.2) is 73.2 Å². The van der Waals surface area contributed by atoms with Gasteiger partial charge in [-0.25, -0.2) is 5.43 Å². The number of amides is 3. The maximum absolute atomic E-state index is 14.7. The molecule has 5 aromatic rings. The van der Waals surface area contributed by atoms with Gasteiger partial charge in [0.05, 0.1) is 18.3 Å². The summed E-state index contributed by atoms with van der Waals surface area (Å²) in [5.41, 5.74) is 11.0. The van der Waals surface area contributed by atoms with Gasteiger partial charge >= 0.3 is 5.97 Å². The lowest BCUT2D eigenvalue weighted by Crippen LogP contribution is -2.62. The molecule has 8 rings (SSSR count). The Bertz CT molecular complexity index is 2710. The summed E-state index contributed by atoms with van der Waals surface area (Å²) in [7, 11) is 1.53. The molecule has 4 atom stereocenters. The van der Waals surface area contributed by atoms with E-state index in [9.17, 15) is 29.1 Å². The Balaban J connectivity index is 1.16. The quantitative estimate of drug-likeness (QED) is 0.0954. The number of aromatic hydroxyl groups is 1. The highest BCUT2D eigenvalue weighted by Gasteiger charge is 2.38. The van der Waals surface area contributed by atoms with Crippen molar-refractivity contribution in [3.8, 4) is 28.1 Å². The molecule has 4 N–H and O–H groups in total. The van der Waals surface area contributed by atoms with Gasteiger partial charge in [-0.2, -0.15) is 0 Å². The number of ether oxygens (including phenoxy) is 1. The van der Waals surface area contributed by atoms with Crippen molar-refractivity contribution in [1.82, 2.24) is 40.5 Å². The lowest BCUT2D eigenvalue weighted by Gasteiger charge is -2.36. The van der Waals surface area contributed by atoms with Crippen LogP contribution in [0.3, 0.4) is 0 Å². The molecule has 3 aliphatic rings. The number of hydrogen-bond acceptors (Lipinski definition) is 11. The Hall–Kier alpha value is -6.45. The van der Waals surface area contributed by atoms with Crippen LogP contribution in [0.5, 0.6) is 5.75 Å². The highest BCUT2D eigenvalue weighted by molar-refractivity contribution is 5.98. The van der Waals surface area contributed by atoms with E-state index in [4.69, 9.17) is 4.74 Å². The maximum Gasteiger partial charge on any atom is 0.324 e. The van der Waals surface area contributed by atoms with Crippen LogP contribution < -0.4 is 16.1 Å². The molecule has 3 aliphatic heterocycles. The first-order chi connectivity index (χ1) is 32.0. The van der Waals surface area contributed by atoms with Gasteiger partial charge in [-0.1, -0.05) is 52.8 Å². The summed E-state index contributed by atoms with van der Waals surface area (Å²) in [5.74, 6) is -2.35. The number of nitrogens with one attached hydrogen (secondary N) is 3. The van der Waals surface area contributed by atoms with E-state index in [1.165, 1.54) is 28.7 Å². The number of benzene rings is 2. The van der Waals surface area contributed by atoms with Crippen molar-refractivity contribution in [2.75, 3.05) is 26.7 Å². The van der Waals surface area contributed by atoms with Crippen molar-refractivity contribution in [3.63, 3.8) is 0 Å². The van der Waals surface area contributed by atoms with E-state index in [1.807, 2.05) is 38.4 Å². The van der Waals surface area contributed by atoms with Gasteiger partial charge < -0.3 is 29.9 Å². The molecule has 6 bridgehead atoms. The average molecular weight is 911 g/mol. The molecule has 15 nitrogen and oxygen atoms in total. The van der Waals surface area contributed by atoms with E-state index in [0.717, 1.165) is 45.3 Å². The third kappa shape index (κ3) is 10.1. The fraction of sp³-hybridized carbons (Fsp3) is 0.442. The van der Waals surface area contributed by atoms with Crippen LogP contribution in [0, 0.1) is 11.3 Å². The Morgan fingerprint density at radius 3 is 2.52 bits per heavy atom. The molecule has 3 aromatic heterocycles. The van der Waals surface area contributed by atoms with E-state index in [-0.39, 0.29) is 55.2 Å². The van der Waals surface area contributed by atoms with Crippen molar-refractivity contribution in [2.24, 2.45) is 11.3 Å². The SMILES string of the molecule is CCc1ccncc1-c1c2c3cc(ccc3n1CC)-c1cc(O)cc(c1)C[C@H](NC(=O)[C@H](C(C)C)N(C)C(=O)c1ccc(CC(=O)[C@H]3CN3)cn1)C(=O)N1CCC[C@H](N1)C(=O)OCC(C)(C)C2. The van der Waals surface area contributed by atoms with Crippen molar-refractivity contribution in [1.29, 1.82) is 0 Å². The molecule has 6 heterocycles. The predicted molar refractivity (Wildman–Crippen MR) is 255 cm³/mol. The number of phenolic OH excluding ortho intramolecular Hbond substituents is 1. The summed E-state index contributed by atoms with van der Waals surface area (Å²) in [6.07, 6.45) is 7.79. The van der Waals surface area contributed by atoms with Crippen LogP contribution >= 0.6 is 0 Å². The van der Waals surface area contributed by atoms with Gasteiger partial charge in [0.15, 0.2) is 5.78 Å². The summed E-state index contributed by atoms with van der Waals surface area (Å²) in [4.78, 5) is 79.6. The molecule has 2 saturated heterocycles. The van der Waals surface area contributed by atoms with Gasteiger partial charge in [0.2, 0.25) is 5.91 Å². The largest absolute Gasteiger partial charge is 0.508 e. The smallest absolute Gasteiger partial charge is 0.324 e. The number of esters is 1. The van der Waals surface area contributed by atoms with Crippen LogP contribution in [-0.2, 0) is 56.1 Å². The molecule has 15 heteroatoms. The van der Waals surface area contributed by atoms with Gasteiger partial charge in [-0.15, -0.1) is 0 Å². The first kappa shape index (κ1) is 47.1. The number of pyridine rings is 2. The standard InChI is InChI=1S/C52H62N8O7/c1-8-33-16-17-53-27-39(33)47-38-25-52(5,6)29-67-51(66)41-11-10-18-60(57-41)50(65)42(21-32-19-35(23-36(61)20-32)34-13-15-44(37(38)24-34)59(47)9-2)56-48(63)46(30(3)4)58(7)49(64)40-14-12-31(26-54-40)22-45(62)43-28-55-43/h12-17,19-20,23-24,26-27,30,41-43,46,55,57,61H,8-11,18,21-22,25,28-29H2,1-7H3,(H,56,63)/t41-,42-,43+,46-/m0/s1. The summed E-state index contributed by atoms with van der Waals surface area (Å²) in [6.45, 7) is 13.8. The van der Waals surface area contributed by atoms with Crippen LogP contribution in [0.25, 0.3) is 33.3 Å². The second-order valence-corrected chi connectivity index (χ2v) is 19.4. The normalized spacial score (nSPS) is 19.9. The number of aromatic nitrogens is 3. The van der Waals surface area contributed by atoms with E-state index in [2.05, 4.69) is 76.5 Å². The van der Waals surface area contributed by atoms with Crippen molar-refractivity contribution in [3.05, 3.63) is 101 Å². The third-order valence-corrected chi connectivity index (χ3v) is 13.3. The Morgan fingerprint density at radius 1 is 1.03 bits per heavy atom. The van der Waals surface area contributed by atoms with Gasteiger partial charge in [0, 0.05) is 80.0 Å². The first-order valence-electron chi connectivity index (χ1n) is 23.5. The molecule has 0 aliphatic carbocycles. The number of carbonyl (C=O) groups excluding carboxylic acids is 5. The highest BCUT2D eigenvalue weighted by Crippen LogP contribution is 2.41. The minimum atomic E-state index is -1.18. The fourth-order valence-electron chi connectivity index (χ4n) is 9.71. The number of cyclic esters (lactones) is 1. The predicted octanol–water partition coefficient (Wildman–Crippen LogP) is 5.58. The number of likely N-dealkylation sites (N-methyl/N-ethyl adjacent to an activating group) is 1. The number of nitrogens with zero attached hydrogens (tertiary/aromatic N) is 5. The minimum Gasteiger partial charge on any atom is -0.508 e. The van der Waals surface area contributed by atoms with Gasteiger partial charge in [0.1, 0.15) is 29.6 Å². The van der Waals surface area contributed by atoms with Crippen LogP contribution in [0.1, 0.15) is 87.1 Å². The van der Waals surface area contributed by atoms with Gasteiger partial charge in [0.25, 0.3) is 11.8 Å². The molecule has 2 fully saturated rings. The lowest BCUT2D eigenvalue weighted by atomic mass is 9.84. The number of phenols is 1. The van der Waals surface area contributed by atoms with E-state index in [1.54, 1.807) is 24.3 Å². The molecule has 2 aromatic carbocycles. The molecule has 0 saturated carbocycles. The molecular formula is C52H62N8O7.